The summed E-state index contributed by atoms with van der Waals surface area (Å²) in [5, 5.41) is 0. The van der Waals surface area contributed by atoms with Gasteiger partial charge in [0, 0.05) is 19.4 Å². The van der Waals surface area contributed by atoms with Gasteiger partial charge in [0.1, 0.15) is 11.2 Å². The fourth-order valence-electron chi connectivity index (χ4n) is 3.90. The number of likely N-dealkylation sites (tertiary alicyclic amines) is 1. The summed E-state index contributed by atoms with van der Waals surface area (Å²) in [6.07, 6.45) is 4.13. The van der Waals surface area contributed by atoms with Crippen LogP contribution in [0.5, 0.6) is 0 Å². The van der Waals surface area contributed by atoms with Crippen LogP contribution in [0.25, 0.3) is 0 Å². The molecule has 2 rings (SSSR count). The van der Waals surface area contributed by atoms with Gasteiger partial charge in [0.15, 0.2) is 5.78 Å². The molecule has 27 heavy (non-hydrogen) atoms. The normalized spacial score (nSPS) is 18.8. The highest BCUT2D eigenvalue weighted by atomic mass is 16.2. The molecule has 1 fully saturated rings. The zero-order valence-corrected chi connectivity index (χ0v) is 17.2. The summed E-state index contributed by atoms with van der Waals surface area (Å²) < 4.78 is 0. The maximum absolute atomic E-state index is 13.0. The molecule has 0 aromatic heterocycles. The van der Waals surface area contributed by atoms with Gasteiger partial charge in [0.2, 0.25) is 5.91 Å². The van der Waals surface area contributed by atoms with E-state index in [2.05, 4.69) is 19.1 Å². The molecule has 2 atom stereocenters. The largest absolute Gasteiger partial charge is 0.332 e. The van der Waals surface area contributed by atoms with Gasteiger partial charge in [-0.25, -0.2) is 0 Å². The molecule has 1 aromatic carbocycles. The Morgan fingerprint density at radius 2 is 1.81 bits per heavy atom. The van der Waals surface area contributed by atoms with Crippen LogP contribution in [-0.4, -0.2) is 35.0 Å². The predicted molar refractivity (Wildman–Crippen MR) is 108 cm³/mol. The van der Waals surface area contributed by atoms with Gasteiger partial charge in [0.25, 0.3) is 0 Å². The number of amides is 1. The van der Waals surface area contributed by atoms with Gasteiger partial charge in [-0.3, -0.25) is 14.4 Å². The van der Waals surface area contributed by atoms with Crippen LogP contribution in [0.2, 0.25) is 0 Å². The van der Waals surface area contributed by atoms with E-state index in [0.717, 1.165) is 19.3 Å². The van der Waals surface area contributed by atoms with E-state index in [1.165, 1.54) is 5.56 Å². The van der Waals surface area contributed by atoms with Crippen molar-refractivity contribution in [2.24, 2.45) is 5.41 Å². The molecule has 4 heteroatoms. The van der Waals surface area contributed by atoms with Crippen LogP contribution >= 0.6 is 0 Å². The topological polar surface area (TPSA) is 54.5 Å². The van der Waals surface area contributed by atoms with Crippen LogP contribution in [-0.2, 0) is 14.4 Å². The Morgan fingerprint density at radius 3 is 2.44 bits per heavy atom. The predicted octanol–water partition coefficient (Wildman–Crippen LogP) is 4.53. The first-order chi connectivity index (χ1) is 12.8. The Labute approximate surface area is 163 Å². The Kier molecular flexibility index (Phi) is 7.34. The molecule has 1 heterocycles. The second-order valence-electron chi connectivity index (χ2n) is 8.23. The first kappa shape index (κ1) is 21.3. The number of carbonyl (C=O) groups excluding carboxylic acids is 3. The van der Waals surface area contributed by atoms with Crippen LogP contribution in [0.3, 0.4) is 0 Å². The maximum Gasteiger partial charge on any atom is 0.236 e. The molecular weight excluding hydrogens is 338 g/mol. The minimum atomic E-state index is -1.05. The molecule has 1 saturated heterocycles. The van der Waals surface area contributed by atoms with Crippen molar-refractivity contribution in [3.05, 3.63) is 35.9 Å². The minimum absolute atomic E-state index is 0.0676. The van der Waals surface area contributed by atoms with Crippen LogP contribution < -0.4 is 0 Å². The Bertz CT molecular complexity index is 665. The van der Waals surface area contributed by atoms with Gasteiger partial charge in [-0.1, -0.05) is 44.2 Å². The summed E-state index contributed by atoms with van der Waals surface area (Å²) in [7, 11) is 0. The molecule has 1 amide bonds. The lowest BCUT2D eigenvalue weighted by atomic mass is 9.83. The van der Waals surface area contributed by atoms with E-state index < -0.39 is 5.41 Å². The number of ketones is 2. The average molecular weight is 372 g/mol. The van der Waals surface area contributed by atoms with Crippen molar-refractivity contribution < 1.29 is 14.4 Å². The molecule has 4 nitrogen and oxygen atoms in total. The molecule has 0 radical (unpaired) electrons. The summed E-state index contributed by atoms with van der Waals surface area (Å²) >= 11 is 0. The quantitative estimate of drug-likeness (QED) is 0.631. The number of piperidine rings is 1. The summed E-state index contributed by atoms with van der Waals surface area (Å²) in [6.45, 7) is 7.87. The smallest absolute Gasteiger partial charge is 0.236 e. The van der Waals surface area contributed by atoms with Crippen molar-refractivity contribution >= 4 is 17.5 Å². The molecule has 1 aliphatic rings. The second kappa shape index (κ2) is 9.29. The molecular formula is C23H33NO3. The minimum Gasteiger partial charge on any atom is -0.332 e. The van der Waals surface area contributed by atoms with Crippen molar-refractivity contribution in [1.82, 2.24) is 4.90 Å². The highest BCUT2D eigenvalue weighted by molar-refractivity contribution is 6.06. The third-order valence-corrected chi connectivity index (χ3v) is 5.88. The first-order valence-electron chi connectivity index (χ1n) is 10.2. The molecule has 148 valence electrons. The highest BCUT2D eigenvalue weighted by Gasteiger charge is 2.42. The fourth-order valence-corrected chi connectivity index (χ4v) is 3.90. The number of hydrogen-bond donors (Lipinski definition) is 0. The summed E-state index contributed by atoms with van der Waals surface area (Å²) in [6, 6.07) is 9.82. The van der Waals surface area contributed by atoms with E-state index in [0.29, 0.717) is 31.7 Å². The highest BCUT2D eigenvalue weighted by Crippen LogP contribution is 2.29. The van der Waals surface area contributed by atoms with E-state index in [1.54, 1.807) is 25.7 Å². The number of benzene rings is 1. The third-order valence-electron chi connectivity index (χ3n) is 5.88. The van der Waals surface area contributed by atoms with Crippen molar-refractivity contribution in [3.8, 4) is 0 Å². The van der Waals surface area contributed by atoms with Crippen molar-refractivity contribution in [1.29, 1.82) is 0 Å². The molecule has 0 spiro atoms. The molecule has 0 N–H and O–H groups in total. The van der Waals surface area contributed by atoms with Gasteiger partial charge >= 0.3 is 0 Å². The number of carbonyl (C=O) groups is 3. The summed E-state index contributed by atoms with van der Waals surface area (Å²) in [5.74, 6) is 0.178. The fraction of sp³-hybridized carbons (Fsp3) is 0.609. The zero-order valence-electron chi connectivity index (χ0n) is 17.2. The lowest BCUT2D eigenvalue weighted by molar-refractivity contribution is -0.153. The standard InChI is InChI=1S/C23H33NO3/c1-5-21(26)23(3,4)22(27)24-16-10-9-13-19(24)20(25)15-14-17(2)18-11-7-6-8-12-18/h6-8,11-12,17,19H,5,9-10,13-16H2,1-4H3. The van der Waals surface area contributed by atoms with Gasteiger partial charge in [-0.05, 0) is 51.0 Å². The van der Waals surface area contributed by atoms with E-state index in [1.807, 2.05) is 18.2 Å². The van der Waals surface area contributed by atoms with Crippen LogP contribution in [0, 0.1) is 5.41 Å². The van der Waals surface area contributed by atoms with E-state index in [-0.39, 0.29) is 23.5 Å². The van der Waals surface area contributed by atoms with Gasteiger partial charge in [-0.2, -0.15) is 0 Å². The number of hydrogen-bond acceptors (Lipinski definition) is 3. The van der Waals surface area contributed by atoms with E-state index in [4.69, 9.17) is 0 Å². The van der Waals surface area contributed by atoms with Crippen LogP contribution in [0.15, 0.2) is 30.3 Å². The van der Waals surface area contributed by atoms with Crippen LogP contribution in [0.1, 0.15) is 77.7 Å². The van der Waals surface area contributed by atoms with Crippen molar-refractivity contribution in [2.75, 3.05) is 6.54 Å². The molecule has 1 aromatic rings. The van der Waals surface area contributed by atoms with Gasteiger partial charge in [0.05, 0.1) is 6.04 Å². The SMILES string of the molecule is CCC(=O)C(C)(C)C(=O)N1CCCCC1C(=O)CCC(C)c1ccccc1. The molecule has 0 bridgehead atoms. The second-order valence-corrected chi connectivity index (χ2v) is 8.23. The average Bonchev–Trinajstić information content (AvgIpc) is 2.70. The number of Topliss-reactive ketones (excluding diaryl/α,β-unsaturated/α-hetero) is 2. The van der Waals surface area contributed by atoms with Crippen molar-refractivity contribution in [2.45, 2.75) is 78.2 Å². The third kappa shape index (κ3) is 5.06. The lowest BCUT2D eigenvalue weighted by Crippen LogP contribution is -2.54. The Morgan fingerprint density at radius 1 is 1.15 bits per heavy atom. The number of rotatable bonds is 8. The zero-order chi connectivity index (χ0) is 20.0. The van der Waals surface area contributed by atoms with Crippen molar-refractivity contribution in [3.63, 3.8) is 0 Å². The monoisotopic (exact) mass is 371 g/mol. The summed E-state index contributed by atoms with van der Waals surface area (Å²) in [5.41, 5.74) is 0.179. The lowest BCUT2D eigenvalue weighted by Gasteiger charge is -2.39. The molecule has 0 saturated carbocycles. The Hall–Kier alpha value is -1.97. The van der Waals surface area contributed by atoms with Crippen LogP contribution in [0.4, 0.5) is 0 Å². The van der Waals surface area contributed by atoms with Gasteiger partial charge in [-0.15, -0.1) is 0 Å². The van der Waals surface area contributed by atoms with Gasteiger partial charge < -0.3 is 4.90 Å². The number of nitrogens with zero attached hydrogens (tertiary/aromatic N) is 1. The van der Waals surface area contributed by atoms with E-state index >= 15 is 0 Å². The maximum atomic E-state index is 13.0. The molecule has 1 aliphatic heterocycles. The summed E-state index contributed by atoms with van der Waals surface area (Å²) in [4.78, 5) is 39.9. The first-order valence-corrected chi connectivity index (χ1v) is 10.2. The molecule has 2 unspecified atom stereocenters. The molecule has 0 aliphatic carbocycles. The van der Waals surface area contributed by atoms with E-state index in [9.17, 15) is 14.4 Å². The Balaban J connectivity index is 2.04.